The van der Waals surface area contributed by atoms with E-state index in [0.29, 0.717) is 45.0 Å². The largest absolute Gasteiger partial charge is 0.399 e. The lowest BCUT2D eigenvalue weighted by Crippen LogP contribution is -2.30. The van der Waals surface area contributed by atoms with Gasteiger partial charge < -0.3 is 11.5 Å². The van der Waals surface area contributed by atoms with Crippen molar-refractivity contribution in [3.8, 4) is 33.4 Å². The van der Waals surface area contributed by atoms with Crippen molar-refractivity contribution in [3.05, 3.63) is 154 Å². The average molecular weight is 669 g/mol. The second kappa shape index (κ2) is 11.7. The summed E-state index contributed by atoms with van der Waals surface area (Å²) in [7, 11) is 0. The van der Waals surface area contributed by atoms with E-state index in [9.17, 15) is 19.2 Å². The smallest absolute Gasteiger partial charge is 0.266 e. The maximum absolute atomic E-state index is 13.7. The van der Waals surface area contributed by atoms with Crippen molar-refractivity contribution < 1.29 is 19.2 Å². The zero-order chi connectivity index (χ0) is 35.7. The lowest BCUT2D eigenvalue weighted by atomic mass is 9.95. The van der Waals surface area contributed by atoms with Crippen LogP contribution in [-0.2, 0) is 0 Å². The summed E-state index contributed by atoms with van der Waals surface area (Å²) in [6.45, 7) is 5.68. The molecule has 248 valence electrons. The van der Waals surface area contributed by atoms with Crippen molar-refractivity contribution >= 4 is 46.4 Å². The Kier molecular flexibility index (Phi) is 7.20. The van der Waals surface area contributed by atoms with Gasteiger partial charge in [0, 0.05) is 11.4 Å². The molecule has 0 radical (unpaired) electrons. The molecule has 0 bridgehead atoms. The maximum Gasteiger partial charge on any atom is 0.266 e. The fraction of sp³-hybridized carbons (Fsp3) is 0.0698. The number of hydrogen-bond donors (Lipinski definition) is 2. The number of nitrogens with two attached hydrogens (primary N) is 2. The van der Waals surface area contributed by atoms with Crippen LogP contribution < -0.4 is 21.3 Å². The number of amides is 4. The van der Waals surface area contributed by atoms with Gasteiger partial charge >= 0.3 is 0 Å². The number of carbonyl (C=O) groups excluding carboxylic acids is 4. The van der Waals surface area contributed by atoms with Crippen molar-refractivity contribution in [2.75, 3.05) is 21.3 Å². The third-order valence-electron chi connectivity index (χ3n) is 9.79. The monoisotopic (exact) mass is 668 g/mol. The van der Waals surface area contributed by atoms with Crippen molar-refractivity contribution in [1.29, 1.82) is 0 Å². The van der Waals surface area contributed by atoms with Crippen LogP contribution in [0, 0.1) is 20.8 Å². The Labute approximate surface area is 294 Å². The SMILES string of the molecule is Cc1cc(N2C(=O)c3ccc(-c4ccc(N)cc4)cc3C2=O)c(C)cc1-c1ccc(N2C(=O)c3ccc(-c4ccc(N)cc4)cc3C2=O)c(C)c1. The van der Waals surface area contributed by atoms with Crippen LogP contribution in [0.5, 0.6) is 0 Å². The summed E-state index contributed by atoms with van der Waals surface area (Å²) in [5.41, 5.74) is 23.0. The number of fused-ring (bicyclic) bond motifs is 2. The van der Waals surface area contributed by atoms with E-state index in [1.807, 2.05) is 81.4 Å². The number of imide groups is 2. The van der Waals surface area contributed by atoms with E-state index in [4.69, 9.17) is 11.5 Å². The highest BCUT2D eigenvalue weighted by Gasteiger charge is 2.39. The summed E-state index contributed by atoms with van der Waals surface area (Å²) in [6, 6.07) is 34.8. The van der Waals surface area contributed by atoms with Gasteiger partial charge in [-0.25, -0.2) is 9.80 Å². The van der Waals surface area contributed by atoms with Crippen molar-refractivity contribution in [2.45, 2.75) is 20.8 Å². The third kappa shape index (κ3) is 5.08. The molecule has 0 spiro atoms. The molecule has 0 unspecified atom stereocenters. The minimum absolute atomic E-state index is 0.356. The molecule has 0 atom stereocenters. The topological polar surface area (TPSA) is 127 Å². The van der Waals surface area contributed by atoms with Gasteiger partial charge in [-0.05, 0) is 144 Å². The molecule has 4 amide bonds. The molecule has 0 aromatic heterocycles. The first kappa shape index (κ1) is 31.5. The molecule has 2 aliphatic heterocycles. The number of benzene rings is 6. The van der Waals surface area contributed by atoms with Gasteiger partial charge in [-0.15, -0.1) is 0 Å². The lowest BCUT2D eigenvalue weighted by Gasteiger charge is -2.21. The Balaban J connectivity index is 1.07. The van der Waals surface area contributed by atoms with E-state index in [1.165, 1.54) is 9.80 Å². The summed E-state index contributed by atoms with van der Waals surface area (Å²) in [5, 5.41) is 0. The molecule has 2 heterocycles. The lowest BCUT2D eigenvalue weighted by molar-refractivity contribution is 0.0910. The molecule has 6 aromatic carbocycles. The van der Waals surface area contributed by atoms with Gasteiger partial charge in [-0.2, -0.15) is 0 Å². The van der Waals surface area contributed by atoms with Gasteiger partial charge in [0.05, 0.1) is 33.6 Å². The first-order chi connectivity index (χ1) is 24.5. The van der Waals surface area contributed by atoms with Crippen LogP contribution in [-0.4, -0.2) is 23.6 Å². The van der Waals surface area contributed by atoms with E-state index >= 15 is 0 Å². The molecule has 0 aliphatic carbocycles. The summed E-state index contributed by atoms with van der Waals surface area (Å²) in [6.07, 6.45) is 0. The maximum atomic E-state index is 13.7. The number of aryl methyl sites for hydroxylation is 3. The molecular weight excluding hydrogens is 636 g/mol. The molecule has 6 aromatic rings. The zero-order valence-electron chi connectivity index (χ0n) is 28.2. The fourth-order valence-corrected chi connectivity index (χ4v) is 7.06. The number of hydrogen-bond acceptors (Lipinski definition) is 6. The van der Waals surface area contributed by atoms with Crippen LogP contribution in [0.2, 0.25) is 0 Å². The molecule has 51 heavy (non-hydrogen) atoms. The van der Waals surface area contributed by atoms with Gasteiger partial charge in [-0.1, -0.05) is 42.5 Å². The van der Waals surface area contributed by atoms with E-state index in [-0.39, 0.29) is 23.6 Å². The standard InChI is InChI=1S/C43H32N4O4/c1-23-20-39(47-41(49)34-16-9-29(22-37(34)43(47)51)27-6-13-32(45)14-7-27)25(3)19-35(23)30-10-17-38(24(2)18-30)46-40(48)33-15-8-28(21-36(33)42(46)50)26-4-11-31(44)12-5-26/h4-22H,44-45H2,1-3H3. The molecule has 0 saturated heterocycles. The van der Waals surface area contributed by atoms with E-state index in [1.54, 1.807) is 54.6 Å². The highest BCUT2D eigenvalue weighted by molar-refractivity contribution is 6.36. The highest BCUT2D eigenvalue weighted by atomic mass is 16.2. The second-order valence-corrected chi connectivity index (χ2v) is 13.1. The highest BCUT2D eigenvalue weighted by Crippen LogP contribution is 2.39. The zero-order valence-corrected chi connectivity index (χ0v) is 28.2. The Morgan fingerprint density at radius 1 is 0.353 bits per heavy atom. The normalized spacial score (nSPS) is 13.6. The van der Waals surface area contributed by atoms with Gasteiger partial charge in [0.15, 0.2) is 0 Å². The summed E-state index contributed by atoms with van der Waals surface area (Å²) >= 11 is 0. The molecule has 8 rings (SSSR count). The van der Waals surface area contributed by atoms with Crippen LogP contribution in [0.4, 0.5) is 22.7 Å². The summed E-state index contributed by atoms with van der Waals surface area (Å²) < 4.78 is 0. The molecule has 2 aliphatic rings. The Morgan fingerprint density at radius 3 is 1.25 bits per heavy atom. The van der Waals surface area contributed by atoms with E-state index in [0.717, 1.165) is 50.1 Å². The fourth-order valence-electron chi connectivity index (χ4n) is 7.06. The average Bonchev–Trinajstić information content (AvgIpc) is 3.52. The van der Waals surface area contributed by atoms with Crippen LogP contribution in [0.1, 0.15) is 58.1 Å². The van der Waals surface area contributed by atoms with E-state index in [2.05, 4.69) is 0 Å². The summed E-state index contributed by atoms with van der Waals surface area (Å²) in [4.78, 5) is 57.0. The molecule has 8 nitrogen and oxygen atoms in total. The number of nitrogens with zero attached hydrogens (tertiary/aromatic N) is 2. The number of carbonyl (C=O) groups is 4. The predicted molar refractivity (Wildman–Crippen MR) is 201 cm³/mol. The van der Waals surface area contributed by atoms with Gasteiger partial charge in [0.1, 0.15) is 0 Å². The third-order valence-corrected chi connectivity index (χ3v) is 9.79. The predicted octanol–water partition coefficient (Wildman–Crippen LogP) is 8.38. The summed E-state index contributed by atoms with van der Waals surface area (Å²) in [5.74, 6) is -1.48. The van der Waals surface area contributed by atoms with Crippen LogP contribution in [0.25, 0.3) is 33.4 Å². The number of rotatable bonds is 5. The van der Waals surface area contributed by atoms with E-state index < -0.39 is 0 Å². The van der Waals surface area contributed by atoms with Crippen LogP contribution in [0.15, 0.2) is 115 Å². The molecule has 0 saturated carbocycles. The molecule has 4 N–H and O–H groups in total. The Hall–Kier alpha value is -6.80. The number of anilines is 4. The Morgan fingerprint density at radius 2 is 0.765 bits per heavy atom. The second-order valence-electron chi connectivity index (χ2n) is 13.1. The van der Waals surface area contributed by atoms with Crippen molar-refractivity contribution in [3.63, 3.8) is 0 Å². The van der Waals surface area contributed by atoms with Gasteiger partial charge in [0.2, 0.25) is 0 Å². The Bertz CT molecular complexity index is 2500. The van der Waals surface area contributed by atoms with Gasteiger partial charge in [-0.3, -0.25) is 19.2 Å². The number of nitrogen functional groups attached to an aromatic ring is 2. The van der Waals surface area contributed by atoms with Gasteiger partial charge in [0.25, 0.3) is 23.6 Å². The van der Waals surface area contributed by atoms with Crippen molar-refractivity contribution in [1.82, 2.24) is 0 Å². The minimum atomic E-state index is -0.374. The molecular formula is C43H32N4O4. The first-order valence-electron chi connectivity index (χ1n) is 16.5. The quantitative estimate of drug-likeness (QED) is 0.140. The van der Waals surface area contributed by atoms with Crippen LogP contribution in [0.3, 0.4) is 0 Å². The first-order valence-corrected chi connectivity index (χ1v) is 16.5. The van der Waals surface area contributed by atoms with Crippen LogP contribution >= 0.6 is 0 Å². The molecule has 8 heteroatoms. The minimum Gasteiger partial charge on any atom is -0.399 e. The molecule has 0 fully saturated rings. The van der Waals surface area contributed by atoms with Crippen molar-refractivity contribution in [2.24, 2.45) is 0 Å².